The van der Waals surface area contributed by atoms with Crippen LogP contribution in [0.15, 0.2) is 36.4 Å². The van der Waals surface area contributed by atoms with E-state index in [0.29, 0.717) is 23.1 Å². The van der Waals surface area contributed by atoms with Crippen LogP contribution in [0.25, 0.3) is 0 Å². The largest absolute Gasteiger partial charge is 0.519 e. The van der Waals surface area contributed by atoms with E-state index in [1.54, 1.807) is 69.2 Å². The maximum absolute atomic E-state index is 13.5. The fraction of sp³-hybridized carbons (Fsp3) is 0.405. The number of hydrogen-bond donors (Lipinski definition) is 2. The molecule has 3 rings (SSSR count). The normalized spacial score (nSPS) is 9.74. The van der Waals surface area contributed by atoms with Crippen LogP contribution in [0.3, 0.4) is 0 Å². The molecular weight excluding hydrogens is 929 g/mol. The summed E-state index contributed by atoms with van der Waals surface area (Å²) < 4.78 is 108. The van der Waals surface area contributed by atoms with E-state index in [1.807, 2.05) is 0 Å². The van der Waals surface area contributed by atoms with Crippen LogP contribution in [0.2, 0.25) is 0 Å². The molecule has 26 heteroatoms. The van der Waals surface area contributed by atoms with Crippen LogP contribution in [-0.2, 0) is 18.9 Å². The van der Waals surface area contributed by atoms with Gasteiger partial charge in [0.2, 0.25) is 23.3 Å². The van der Waals surface area contributed by atoms with Crippen LogP contribution in [0, 0.1) is 96.3 Å². The van der Waals surface area contributed by atoms with Gasteiger partial charge in [0, 0.05) is 50.5 Å². The zero-order valence-corrected chi connectivity index (χ0v) is 38.5. The SMILES string of the molecule is C.C#C.C#CC.CC(C)(C)OC(=O)OC(=O)OC(C)(C)C.CN.CN(C(=O)OC(C)(C)C)c1cc(F)cc(F)c1[N+](=O)[O-].CNc1cc(F)cc(F)c1[N+](=O)[O-].O=[N+]([O-])c1c(F)cc(F)cc1F. The lowest BCUT2D eigenvalue weighted by molar-refractivity contribution is -0.390. The molecule has 0 radical (unpaired) electrons. The van der Waals surface area contributed by atoms with Crippen molar-refractivity contribution in [2.75, 3.05) is 31.4 Å². The van der Waals surface area contributed by atoms with Crippen molar-refractivity contribution in [2.45, 2.75) is 93.5 Å². The van der Waals surface area contributed by atoms with Crippen molar-refractivity contribution in [3.05, 3.63) is 107 Å². The van der Waals surface area contributed by atoms with Crippen molar-refractivity contribution in [3.63, 3.8) is 0 Å². The molecule has 0 heterocycles. The summed E-state index contributed by atoms with van der Waals surface area (Å²) >= 11 is 0. The minimum Gasteiger partial charge on any atom is -0.443 e. The minimum absolute atomic E-state index is 0. The minimum atomic E-state index is -1.52. The number of amides is 1. The molecule has 0 aliphatic heterocycles. The van der Waals surface area contributed by atoms with Crippen LogP contribution in [0.4, 0.5) is 73.6 Å². The standard InChI is InChI=1S/C12H14F2N2O4.C10H18O5.C7H6F2N2O2.C6H2F3NO2.C3H4.C2H2.CH5N.CH4/c1-12(2,3)20-11(17)15(4)9-6-7(13)5-8(14)10(9)16(18)19;1-9(2,3)14-7(11)13-8(12)15-10(4,5)6;1-10-6-3-4(8)2-5(9)7(6)11(12)13;7-3-1-4(8)6(10(11)12)5(9)2-3;1-3-2;2*1-2;/h5-6H,1-4H3;1-6H3;2-3,10H,1H3;1-2H;1H,2H3;1-2H;2H2,1H3;1H4. The molecule has 0 saturated carbocycles. The summed E-state index contributed by atoms with van der Waals surface area (Å²) in [6.45, 7) is 16.5. The maximum atomic E-state index is 13.5. The molecule has 0 aliphatic rings. The van der Waals surface area contributed by atoms with Crippen LogP contribution in [0.5, 0.6) is 0 Å². The van der Waals surface area contributed by atoms with E-state index in [1.165, 1.54) is 14.1 Å². The topological polar surface area (TPSA) is 259 Å². The lowest BCUT2D eigenvalue weighted by Crippen LogP contribution is -2.34. The van der Waals surface area contributed by atoms with E-state index in [9.17, 15) is 75.5 Å². The quantitative estimate of drug-likeness (QED) is 0.0458. The van der Waals surface area contributed by atoms with Gasteiger partial charge in [0.25, 0.3) is 0 Å². The third-order valence-electron chi connectivity index (χ3n) is 5.81. The first-order valence-corrected chi connectivity index (χ1v) is 18.1. The van der Waals surface area contributed by atoms with E-state index < -0.39 is 113 Å². The highest BCUT2D eigenvalue weighted by Crippen LogP contribution is 2.32. The zero-order chi connectivity index (χ0) is 54.0. The number of ether oxygens (including phenoxy) is 4. The first-order chi connectivity index (χ1) is 30.5. The van der Waals surface area contributed by atoms with E-state index >= 15 is 0 Å². The fourth-order valence-corrected chi connectivity index (χ4v) is 3.68. The van der Waals surface area contributed by atoms with E-state index in [0.717, 1.165) is 13.1 Å². The number of terminal acetylenes is 2. The number of rotatable bonds is 5. The Balaban J connectivity index is -0.000000250. The molecule has 380 valence electrons. The summed E-state index contributed by atoms with van der Waals surface area (Å²) in [7, 11) is 3.98. The van der Waals surface area contributed by atoms with Crippen molar-refractivity contribution in [2.24, 2.45) is 5.73 Å². The molecule has 3 aromatic carbocycles. The Morgan fingerprint density at radius 3 is 1.19 bits per heavy atom. The monoisotopic (exact) mass is 984 g/mol. The van der Waals surface area contributed by atoms with Gasteiger partial charge in [-0.25, -0.2) is 27.6 Å². The molecule has 0 saturated heterocycles. The highest BCUT2D eigenvalue weighted by Gasteiger charge is 2.30. The van der Waals surface area contributed by atoms with Crippen molar-refractivity contribution in [3.8, 4) is 25.2 Å². The van der Waals surface area contributed by atoms with Crippen molar-refractivity contribution in [1.29, 1.82) is 0 Å². The number of nitro groups is 3. The molecule has 0 spiro atoms. The van der Waals surface area contributed by atoms with Crippen molar-refractivity contribution >= 4 is 46.8 Å². The lowest BCUT2D eigenvalue weighted by atomic mass is 10.2. The van der Waals surface area contributed by atoms with Gasteiger partial charge in [-0.2, -0.15) is 17.6 Å². The molecule has 1 amide bonds. The predicted octanol–water partition coefficient (Wildman–Crippen LogP) is 11.1. The molecule has 3 N–H and O–H groups in total. The number of nitrogens with two attached hydrogens (primary N) is 1. The molecular formula is C42H55F7N6O13. The van der Waals surface area contributed by atoms with Crippen LogP contribution in [-0.4, -0.2) is 71.1 Å². The highest BCUT2D eigenvalue weighted by atomic mass is 19.2. The Morgan fingerprint density at radius 1 is 0.618 bits per heavy atom. The number of carbonyl (C=O) groups excluding carboxylic acids is 3. The molecule has 0 atom stereocenters. The van der Waals surface area contributed by atoms with E-state index in [2.05, 4.69) is 41.0 Å². The molecule has 19 nitrogen and oxygen atoms in total. The number of anilines is 2. The van der Waals surface area contributed by atoms with Crippen molar-refractivity contribution < 1.29 is 78.8 Å². The Bertz CT molecular complexity index is 2170. The van der Waals surface area contributed by atoms with E-state index in [-0.39, 0.29) is 25.2 Å². The van der Waals surface area contributed by atoms with Gasteiger partial charge >= 0.3 is 35.5 Å². The summed E-state index contributed by atoms with van der Waals surface area (Å²) in [5.74, 6) is -6.40. The third-order valence-corrected chi connectivity index (χ3v) is 5.81. The second-order valence-electron chi connectivity index (χ2n) is 14.6. The number of carbonyl (C=O) groups is 3. The Kier molecular flexibility index (Phi) is 32.6. The summed E-state index contributed by atoms with van der Waals surface area (Å²) in [5.41, 5.74) is -1.49. The van der Waals surface area contributed by atoms with E-state index in [4.69, 9.17) is 14.2 Å². The summed E-state index contributed by atoms with van der Waals surface area (Å²) in [4.78, 5) is 62.4. The maximum Gasteiger partial charge on any atom is 0.519 e. The van der Waals surface area contributed by atoms with Gasteiger partial charge in [0.05, 0.1) is 14.8 Å². The van der Waals surface area contributed by atoms with Gasteiger partial charge in [-0.3, -0.25) is 35.2 Å². The lowest BCUT2D eigenvalue weighted by Gasteiger charge is -2.24. The average molecular weight is 985 g/mol. The second-order valence-corrected chi connectivity index (χ2v) is 14.6. The Morgan fingerprint density at radius 2 is 0.897 bits per heavy atom. The predicted molar refractivity (Wildman–Crippen MR) is 238 cm³/mol. The van der Waals surface area contributed by atoms with Gasteiger partial charge in [-0.1, -0.05) is 7.43 Å². The molecule has 0 bridgehead atoms. The smallest absolute Gasteiger partial charge is 0.443 e. The second kappa shape index (κ2) is 32.0. The molecule has 0 aromatic heterocycles. The summed E-state index contributed by atoms with van der Waals surface area (Å²) in [5, 5.41) is 33.4. The fourth-order valence-electron chi connectivity index (χ4n) is 3.68. The first kappa shape index (κ1) is 69.3. The summed E-state index contributed by atoms with van der Waals surface area (Å²) in [6, 6.07) is 2.91. The van der Waals surface area contributed by atoms with Crippen molar-refractivity contribution in [1.82, 2.24) is 0 Å². The van der Waals surface area contributed by atoms with Crippen LogP contribution >= 0.6 is 0 Å². The van der Waals surface area contributed by atoms with Gasteiger partial charge < -0.3 is 30.0 Å². The van der Waals surface area contributed by atoms with Gasteiger partial charge in [0.1, 0.15) is 45.6 Å². The molecule has 0 unspecified atom stereocenters. The molecule has 0 aliphatic carbocycles. The number of nitrogens with one attached hydrogen (secondary N) is 1. The van der Waals surface area contributed by atoms with Gasteiger partial charge in [-0.15, -0.1) is 25.2 Å². The zero-order valence-electron chi connectivity index (χ0n) is 38.5. The number of hydrogen-bond acceptors (Lipinski definition) is 15. The molecule has 0 fully saturated rings. The molecule has 68 heavy (non-hydrogen) atoms. The first-order valence-electron chi connectivity index (χ1n) is 18.1. The van der Waals surface area contributed by atoms with Crippen LogP contribution in [0.1, 0.15) is 76.7 Å². The number of nitrogens with zero attached hydrogens (tertiary/aromatic N) is 4. The molecule has 3 aromatic rings. The van der Waals surface area contributed by atoms with Gasteiger partial charge in [0.15, 0.2) is 0 Å². The number of halogens is 7. The highest BCUT2D eigenvalue weighted by molar-refractivity contribution is 5.90. The number of nitro benzene ring substituents is 3. The Hall–Kier alpha value is -7.74. The average Bonchev–Trinajstić information content (AvgIpc) is 3.13. The van der Waals surface area contributed by atoms with Crippen LogP contribution < -0.4 is 16.0 Å². The van der Waals surface area contributed by atoms with Gasteiger partial charge in [-0.05, 0) is 76.3 Å². The Labute approximate surface area is 388 Å². The third kappa shape index (κ3) is 28.9. The summed E-state index contributed by atoms with van der Waals surface area (Å²) in [6.07, 6.45) is 9.53. The number of benzene rings is 3.